The van der Waals surface area contributed by atoms with Crippen LogP contribution in [0.25, 0.3) is 0 Å². The molecule has 0 fully saturated rings. The van der Waals surface area contributed by atoms with Crippen LogP contribution in [-0.4, -0.2) is 22.6 Å². The Balaban J connectivity index is 2.19. The van der Waals surface area contributed by atoms with Crippen molar-refractivity contribution in [2.24, 2.45) is 5.92 Å². The van der Waals surface area contributed by atoms with Gasteiger partial charge >= 0.3 is 5.97 Å². The molecule has 2 rings (SSSR count). The quantitative estimate of drug-likeness (QED) is 0.822. The number of halogens is 1. The van der Waals surface area contributed by atoms with Gasteiger partial charge in [0.25, 0.3) is 5.56 Å². The molecule has 0 amide bonds. The van der Waals surface area contributed by atoms with E-state index in [-0.39, 0.29) is 29.0 Å². The Bertz CT molecular complexity index is 787. The highest BCUT2D eigenvalue weighted by atomic mass is 19.1. The molecule has 0 aliphatic rings. The van der Waals surface area contributed by atoms with Gasteiger partial charge in [0.2, 0.25) is 0 Å². The lowest BCUT2D eigenvalue weighted by Gasteiger charge is -2.11. The van der Waals surface area contributed by atoms with E-state index >= 15 is 0 Å². The third kappa shape index (κ3) is 4.18. The summed E-state index contributed by atoms with van der Waals surface area (Å²) in [5, 5.41) is 2.83. The number of carbonyl (C=O) groups excluding carboxylic acids is 1. The van der Waals surface area contributed by atoms with Crippen molar-refractivity contribution < 1.29 is 13.9 Å². The van der Waals surface area contributed by atoms with Crippen LogP contribution in [0.1, 0.15) is 29.8 Å². The molecular formula is C17H20FN3O3. The van der Waals surface area contributed by atoms with Crippen molar-refractivity contribution in [1.29, 1.82) is 0 Å². The highest BCUT2D eigenvalue weighted by Gasteiger charge is 2.11. The first-order valence-corrected chi connectivity index (χ1v) is 7.58. The van der Waals surface area contributed by atoms with Crippen LogP contribution in [0.3, 0.4) is 0 Å². The molecule has 0 aliphatic carbocycles. The molecule has 1 aromatic carbocycles. The molecule has 6 nitrogen and oxygen atoms in total. The Morgan fingerprint density at radius 3 is 2.83 bits per heavy atom. The summed E-state index contributed by atoms with van der Waals surface area (Å²) >= 11 is 0. The molecule has 128 valence electrons. The first kappa shape index (κ1) is 17.7. The predicted octanol–water partition coefficient (Wildman–Crippen LogP) is 2.44. The normalized spacial score (nSPS) is 10.7. The fourth-order valence-electron chi connectivity index (χ4n) is 2.24. The number of esters is 1. The monoisotopic (exact) mass is 333 g/mol. The summed E-state index contributed by atoms with van der Waals surface area (Å²) in [7, 11) is 1.26. The van der Waals surface area contributed by atoms with Crippen molar-refractivity contribution in [3.05, 3.63) is 57.9 Å². The zero-order valence-corrected chi connectivity index (χ0v) is 13.9. The average molecular weight is 333 g/mol. The number of rotatable bonds is 6. The number of methoxy groups -OCH3 is 1. The van der Waals surface area contributed by atoms with Gasteiger partial charge in [0.05, 0.1) is 12.7 Å². The van der Waals surface area contributed by atoms with Crippen LogP contribution in [0.4, 0.5) is 10.2 Å². The molecule has 0 unspecified atom stereocenters. The smallest absolute Gasteiger partial charge is 0.337 e. The molecule has 0 saturated heterocycles. The van der Waals surface area contributed by atoms with Gasteiger partial charge in [0.15, 0.2) is 5.82 Å². The summed E-state index contributed by atoms with van der Waals surface area (Å²) in [6.45, 7) is 4.62. The van der Waals surface area contributed by atoms with Gasteiger partial charge in [-0.05, 0) is 24.1 Å². The van der Waals surface area contributed by atoms with Gasteiger partial charge in [-0.1, -0.05) is 13.8 Å². The van der Waals surface area contributed by atoms with Gasteiger partial charge in [-0.25, -0.2) is 14.2 Å². The van der Waals surface area contributed by atoms with Gasteiger partial charge < -0.3 is 14.6 Å². The largest absolute Gasteiger partial charge is 0.465 e. The summed E-state index contributed by atoms with van der Waals surface area (Å²) < 4.78 is 20.1. The zero-order chi connectivity index (χ0) is 17.7. The molecule has 24 heavy (non-hydrogen) atoms. The van der Waals surface area contributed by atoms with Gasteiger partial charge in [0, 0.05) is 31.0 Å². The van der Waals surface area contributed by atoms with Gasteiger partial charge in [0.1, 0.15) is 5.82 Å². The number of ether oxygens (including phenoxy) is 1. The minimum atomic E-state index is -0.548. The minimum absolute atomic E-state index is 0.0323. The first-order valence-electron chi connectivity index (χ1n) is 7.58. The van der Waals surface area contributed by atoms with Crippen LogP contribution in [0.5, 0.6) is 0 Å². The van der Waals surface area contributed by atoms with E-state index in [9.17, 15) is 14.0 Å². The van der Waals surface area contributed by atoms with Crippen molar-refractivity contribution in [1.82, 2.24) is 9.55 Å². The predicted molar refractivity (Wildman–Crippen MR) is 88.4 cm³/mol. The van der Waals surface area contributed by atoms with E-state index in [2.05, 4.69) is 15.0 Å². The second-order valence-corrected chi connectivity index (χ2v) is 5.78. The number of aromatic nitrogens is 2. The molecule has 0 atom stereocenters. The summed E-state index contributed by atoms with van der Waals surface area (Å²) in [6.07, 6.45) is 3.14. The lowest BCUT2D eigenvalue weighted by atomic mass is 10.1. The number of anilines is 1. The van der Waals surface area contributed by atoms with E-state index in [1.807, 2.05) is 13.8 Å². The number of nitrogens with zero attached hydrogens (tertiary/aromatic N) is 2. The van der Waals surface area contributed by atoms with Crippen molar-refractivity contribution in [2.45, 2.75) is 26.9 Å². The van der Waals surface area contributed by atoms with Crippen LogP contribution >= 0.6 is 0 Å². The van der Waals surface area contributed by atoms with E-state index in [1.165, 1.54) is 31.5 Å². The molecule has 7 heteroatoms. The number of benzene rings is 1. The second-order valence-electron chi connectivity index (χ2n) is 5.78. The lowest BCUT2D eigenvalue weighted by molar-refractivity contribution is 0.0600. The van der Waals surface area contributed by atoms with E-state index < -0.39 is 11.8 Å². The van der Waals surface area contributed by atoms with E-state index in [0.717, 1.165) is 0 Å². The average Bonchev–Trinajstić information content (AvgIpc) is 2.55. The molecule has 1 aromatic heterocycles. The Hall–Kier alpha value is -2.70. The van der Waals surface area contributed by atoms with Gasteiger partial charge in [-0.15, -0.1) is 0 Å². The van der Waals surface area contributed by atoms with E-state index in [0.29, 0.717) is 12.5 Å². The third-order valence-corrected chi connectivity index (χ3v) is 3.39. The summed E-state index contributed by atoms with van der Waals surface area (Å²) in [5.41, 5.74) is 0.225. The van der Waals surface area contributed by atoms with Crippen LogP contribution in [0.2, 0.25) is 0 Å². The molecule has 0 aliphatic heterocycles. The SMILES string of the molecule is COC(=O)c1ccc(F)c(CNc2nccn(CC(C)C)c2=O)c1. The Kier molecular flexibility index (Phi) is 5.68. The first-order chi connectivity index (χ1) is 11.4. The number of hydrogen-bond donors (Lipinski definition) is 1. The minimum Gasteiger partial charge on any atom is -0.465 e. The van der Waals surface area contributed by atoms with Crippen LogP contribution in [-0.2, 0) is 17.8 Å². The van der Waals surface area contributed by atoms with Gasteiger partial charge in [-0.3, -0.25) is 4.79 Å². The zero-order valence-electron chi connectivity index (χ0n) is 13.9. The maximum absolute atomic E-state index is 13.9. The molecule has 0 bridgehead atoms. The Morgan fingerprint density at radius 2 is 2.17 bits per heavy atom. The number of hydrogen-bond acceptors (Lipinski definition) is 5. The summed E-state index contributed by atoms with van der Waals surface area (Å²) in [4.78, 5) is 27.8. The topological polar surface area (TPSA) is 73.2 Å². The number of carbonyl (C=O) groups is 1. The lowest BCUT2D eigenvalue weighted by Crippen LogP contribution is -2.26. The molecule has 1 heterocycles. The van der Waals surface area contributed by atoms with E-state index in [4.69, 9.17) is 0 Å². The third-order valence-electron chi connectivity index (χ3n) is 3.39. The van der Waals surface area contributed by atoms with Crippen LogP contribution < -0.4 is 10.9 Å². The standard InChI is InChI=1S/C17H20FN3O3/c1-11(2)10-21-7-6-19-15(16(21)22)20-9-13-8-12(17(23)24-3)4-5-14(13)18/h4-8,11H,9-10H2,1-3H3,(H,19,20). The summed E-state index contributed by atoms with van der Waals surface area (Å²) in [5.74, 6) is -0.574. The molecule has 2 aromatic rings. The molecule has 0 saturated carbocycles. The van der Waals surface area contributed by atoms with Crippen molar-refractivity contribution in [3.63, 3.8) is 0 Å². The maximum atomic E-state index is 13.9. The highest BCUT2D eigenvalue weighted by molar-refractivity contribution is 5.89. The highest BCUT2D eigenvalue weighted by Crippen LogP contribution is 2.13. The maximum Gasteiger partial charge on any atom is 0.337 e. The molecule has 1 N–H and O–H groups in total. The fourth-order valence-corrected chi connectivity index (χ4v) is 2.24. The molecule has 0 radical (unpaired) electrons. The van der Waals surface area contributed by atoms with Crippen molar-refractivity contribution in [2.75, 3.05) is 12.4 Å². The Labute approximate surface area is 139 Å². The Morgan fingerprint density at radius 1 is 1.42 bits per heavy atom. The second kappa shape index (κ2) is 7.72. The van der Waals surface area contributed by atoms with Gasteiger partial charge in [-0.2, -0.15) is 0 Å². The molecule has 0 spiro atoms. The van der Waals surface area contributed by atoms with Crippen molar-refractivity contribution >= 4 is 11.8 Å². The van der Waals surface area contributed by atoms with Crippen LogP contribution in [0, 0.1) is 11.7 Å². The van der Waals surface area contributed by atoms with Crippen LogP contribution in [0.15, 0.2) is 35.4 Å². The van der Waals surface area contributed by atoms with E-state index in [1.54, 1.807) is 10.8 Å². The summed E-state index contributed by atoms with van der Waals surface area (Å²) in [6, 6.07) is 3.93. The fraction of sp³-hybridized carbons (Fsp3) is 0.353. The number of nitrogens with one attached hydrogen (secondary N) is 1. The molecular weight excluding hydrogens is 313 g/mol. The van der Waals surface area contributed by atoms with Crippen molar-refractivity contribution in [3.8, 4) is 0 Å².